The van der Waals surface area contributed by atoms with E-state index >= 15 is 0 Å². The second kappa shape index (κ2) is 12.3. The molecule has 0 fully saturated rings. The SMILES string of the molecule is c1ccc(-c2ccc(-c3nc(-c4ccccc4)nc(-c4ccc(-n5c6ccccc6c6c7oc(-c8ccccc8)cc7ccc65)cc4)n3)cc2)cc1. The Morgan fingerprint density at radius 1 is 0.385 bits per heavy atom. The van der Waals surface area contributed by atoms with Crippen molar-refractivity contribution in [3.8, 4) is 62.3 Å². The minimum Gasteiger partial charge on any atom is -0.455 e. The smallest absolute Gasteiger partial charge is 0.164 e. The molecular weight excluding hydrogens is 637 g/mol. The summed E-state index contributed by atoms with van der Waals surface area (Å²) in [6.07, 6.45) is 0. The maximum Gasteiger partial charge on any atom is 0.164 e. The zero-order valence-electron chi connectivity index (χ0n) is 28.0. The number of benzene rings is 7. The molecule has 0 spiro atoms. The Kier molecular flexibility index (Phi) is 7.07. The monoisotopic (exact) mass is 666 g/mol. The van der Waals surface area contributed by atoms with Crippen molar-refractivity contribution in [1.29, 1.82) is 0 Å². The summed E-state index contributed by atoms with van der Waals surface area (Å²) in [5.41, 5.74) is 10.3. The first-order valence-corrected chi connectivity index (χ1v) is 17.4. The van der Waals surface area contributed by atoms with E-state index in [4.69, 9.17) is 19.4 Å². The van der Waals surface area contributed by atoms with E-state index in [0.29, 0.717) is 17.5 Å². The molecule has 0 unspecified atom stereocenters. The molecule has 0 atom stereocenters. The summed E-state index contributed by atoms with van der Waals surface area (Å²) in [5.74, 6) is 2.75. The first kappa shape index (κ1) is 29.8. The summed E-state index contributed by atoms with van der Waals surface area (Å²) in [6, 6.07) is 62.6. The van der Waals surface area contributed by atoms with Gasteiger partial charge in [0.15, 0.2) is 17.5 Å². The second-order valence-corrected chi connectivity index (χ2v) is 12.9. The summed E-state index contributed by atoms with van der Waals surface area (Å²) in [4.78, 5) is 14.9. The molecule has 52 heavy (non-hydrogen) atoms. The van der Waals surface area contributed by atoms with Crippen LogP contribution >= 0.6 is 0 Å². The summed E-state index contributed by atoms with van der Waals surface area (Å²) in [5, 5.41) is 3.33. The van der Waals surface area contributed by atoms with E-state index < -0.39 is 0 Å². The van der Waals surface area contributed by atoms with Gasteiger partial charge in [-0.05, 0) is 59.7 Å². The normalized spacial score (nSPS) is 11.5. The van der Waals surface area contributed by atoms with Gasteiger partial charge in [-0.1, -0.05) is 133 Å². The Hall–Kier alpha value is -7.11. The maximum absolute atomic E-state index is 6.59. The van der Waals surface area contributed by atoms with Crippen LogP contribution in [0.1, 0.15) is 0 Å². The van der Waals surface area contributed by atoms with Crippen LogP contribution in [-0.4, -0.2) is 19.5 Å². The molecule has 5 heteroatoms. The van der Waals surface area contributed by atoms with E-state index in [1.807, 2.05) is 54.6 Å². The number of aromatic nitrogens is 4. The van der Waals surface area contributed by atoms with Crippen LogP contribution in [0.25, 0.3) is 95.1 Å². The van der Waals surface area contributed by atoms with Gasteiger partial charge in [-0.2, -0.15) is 0 Å². The zero-order valence-corrected chi connectivity index (χ0v) is 28.0. The fraction of sp³-hybridized carbons (Fsp3) is 0. The highest BCUT2D eigenvalue weighted by Crippen LogP contribution is 2.40. The van der Waals surface area contributed by atoms with E-state index in [1.54, 1.807) is 0 Å². The molecule has 0 bridgehead atoms. The standard InChI is InChI=1S/C47H30N4O/c1-4-12-31(13-5-1)32-20-22-35(23-21-32)46-48-45(34-16-8-3-9-17-34)49-47(50-46)36-24-27-38(28-25-36)51-40-19-11-10-18-39(40)43-41(51)29-26-37-30-42(52-44(37)43)33-14-6-2-7-15-33/h1-30H. The number of rotatable bonds is 6. The van der Waals surface area contributed by atoms with Crippen molar-refractivity contribution in [2.75, 3.05) is 0 Å². The highest BCUT2D eigenvalue weighted by atomic mass is 16.3. The highest BCUT2D eigenvalue weighted by molar-refractivity contribution is 6.20. The lowest BCUT2D eigenvalue weighted by Crippen LogP contribution is -2.00. The number of para-hydroxylation sites is 1. The minimum absolute atomic E-state index is 0.621. The third kappa shape index (κ3) is 5.15. The Labute approximate surface area is 300 Å². The van der Waals surface area contributed by atoms with Crippen molar-refractivity contribution in [2.24, 2.45) is 0 Å². The van der Waals surface area contributed by atoms with Gasteiger partial charge in [0.05, 0.1) is 16.4 Å². The molecule has 3 aromatic heterocycles. The van der Waals surface area contributed by atoms with Crippen LogP contribution in [-0.2, 0) is 0 Å². The predicted molar refractivity (Wildman–Crippen MR) is 211 cm³/mol. The van der Waals surface area contributed by atoms with Gasteiger partial charge in [0.25, 0.3) is 0 Å². The lowest BCUT2D eigenvalue weighted by molar-refractivity contribution is 0.635. The van der Waals surface area contributed by atoms with Gasteiger partial charge in [0.1, 0.15) is 11.3 Å². The zero-order chi connectivity index (χ0) is 34.4. The number of furan rings is 1. The van der Waals surface area contributed by atoms with E-state index in [0.717, 1.165) is 72.0 Å². The minimum atomic E-state index is 0.621. The van der Waals surface area contributed by atoms with E-state index in [1.165, 1.54) is 5.56 Å². The van der Waals surface area contributed by atoms with Crippen LogP contribution in [0.2, 0.25) is 0 Å². The second-order valence-electron chi connectivity index (χ2n) is 12.9. The van der Waals surface area contributed by atoms with Crippen molar-refractivity contribution in [3.05, 3.63) is 182 Å². The van der Waals surface area contributed by atoms with Crippen LogP contribution < -0.4 is 0 Å². The summed E-state index contributed by atoms with van der Waals surface area (Å²) in [7, 11) is 0. The quantitative estimate of drug-likeness (QED) is 0.177. The van der Waals surface area contributed by atoms with Crippen molar-refractivity contribution >= 4 is 32.8 Å². The molecule has 5 nitrogen and oxygen atoms in total. The van der Waals surface area contributed by atoms with Gasteiger partial charge in [-0.25, -0.2) is 15.0 Å². The van der Waals surface area contributed by atoms with Crippen molar-refractivity contribution < 1.29 is 4.42 Å². The maximum atomic E-state index is 6.59. The highest BCUT2D eigenvalue weighted by Gasteiger charge is 2.19. The third-order valence-electron chi connectivity index (χ3n) is 9.68. The molecule has 10 rings (SSSR count). The average molecular weight is 667 g/mol. The number of nitrogens with zero attached hydrogens (tertiary/aromatic N) is 4. The van der Waals surface area contributed by atoms with E-state index in [9.17, 15) is 0 Å². The van der Waals surface area contributed by atoms with Gasteiger partial charge in [0.2, 0.25) is 0 Å². The Bertz CT molecular complexity index is 2860. The topological polar surface area (TPSA) is 56.7 Å². The summed E-state index contributed by atoms with van der Waals surface area (Å²) in [6.45, 7) is 0. The van der Waals surface area contributed by atoms with Gasteiger partial charge < -0.3 is 8.98 Å². The lowest BCUT2D eigenvalue weighted by Gasteiger charge is -2.11. The molecule has 10 aromatic rings. The lowest BCUT2D eigenvalue weighted by atomic mass is 10.0. The van der Waals surface area contributed by atoms with Gasteiger partial charge in [-0.3, -0.25) is 0 Å². The van der Waals surface area contributed by atoms with Gasteiger partial charge >= 0.3 is 0 Å². The molecule has 7 aromatic carbocycles. The van der Waals surface area contributed by atoms with Crippen LogP contribution in [0.5, 0.6) is 0 Å². The van der Waals surface area contributed by atoms with Gasteiger partial charge in [-0.15, -0.1) is 0 Å². The van der Waals surface area contributed by atoms with E-state index in [-0.39, 0.29) is 0 Å². The third-order valence-corrected chi connectivity index (χ3v) is 9.68. The molecule has 244 valence electrons. The first-order chi connectivity index (χ1) is 25.8. The first-order valence-electron chi connectivity index (χ1n) is 17.4. The van der Waals surface area contributed by atoms with Crippen molar-refractivity contribution in [1.82, 2.24) is 19.5 Å². The van der Waals surface area contributed by atoms with Crippen LogP contribution in [0.3, 0.4) is 0 Å². The number of hydrogen-bond acceptors (Lipinski definition) is 4. The Morgan fingerprint density at radius 3 is 1.50 bits per heavy atom. The molecule has 0 saturated carbocycles. The Balaban J connectivity index is 1.07. The molecule has 0 saturated heterocycles. The Morgan fingerprint density at radius 2 is 0.865 bits per heavy atom. The van der Waals surface area contributed by atoms with Crippen molar-refractivity contribution in [3.63, 3.8) is 0 Å². The summed E-state index contributed by atoms with van der Waals surface area (Å²) >= 11 is 0. The van der Waals surface area contributed by atoms with Crippen LogP contribution in [0.15, 0.2) is 186 Å². The summed E-state index contributed by atoms with van der Waals surface area (Å²) < 4.78 is 8.90. The van der Waals surface area contributed by atoms with Crippen LogP contribution in [0, 0.1) is 0 Å². The van der Waals surface area contributed by atoms with E-state index in [2.05, 4.69) is 132 Å². The fourth-order valence-electron chi connectivity index (χ4n) is 7.12. The number of fused-ring (bicyclic) bond motifs is 5. The molecule has 0 N–H and O–H groups in total. The number of hydrogen-bond donors (Lipinski definition) is 0. The average Bonchev–Trinajstić information content (AvgIpc) is 3.82. The van der Waals surface area contributed by atoms with Crippen LogP contribution in [0.4, 0.5) is 0 Å². The molecule has 0 aliphatic heterocycles. The fourth-order valence-corrected chi connectivity index (χ4v) is 7.12. The molecular formula is C47H30N4O. The van der Waals surface area contributed by atoms with Gasteiger partial charge in [0, 0.05) is 38.7 Å². The molecule has 3 heterocycles. The molecule has 0 amide bonds. The molecule has 0 radical (unpaired) electrons. The molecule has 0 aliphatic carbocycles. The predicted octanol–water partition coefficient (Wildman–Crippen LogP) is 12.0. The largest absolute Gasteiger partial charge is 0.455 e. The molecule has 0 aliphatic rings. The van der Waals surface area contributed by atoms with Crippen molar-refractivity contribution in [2.45, 2.75) is 0 Å².